The number of hydrogen-bond donors (Lipinski definition) is 0. The van der Waals surface area contributed by atoms with Gasteiger partial charge in [0, 0.05) is 11.1 Å². The van der Waals surface area contributed by atoms with E-state index in [1.807, 2.05) is 6.92 Å². The summed E-state index contributed by atoms with van der Waals surface area (Å²) in [5, 5.41) is 0. The molecule has 0 rings (SSSR count). The molecule has 23 heavy (non-hydrogen) atoms. The minimum absolute atomic E-state index is 0.135. The summed E-state index contributed by atoms with van der Waals surface area (Å²) in [6.07, 6.45) is 2.51. The van der Waals surface area contributed by atoms with Gasteiger partial charge in [-0.3, -0.25) is 13.6 Å². The second-order valence-corrected chi connectivity index (χ2v) is 7.15. The number of unbranched alkanes of at least 4 members (excludes halogenated alkanes) is 2. The second kappa shape index (κ2) is 11.2. The van der Waals surface area contributed by atoms with Crippen molar-refractivity contribution < 1.29 is 32.7 Å². The maximum Gasteiger partial charge on any atom is 0.336 e. The number of esters is 2. The largest absolute Gasteiger partial charge is 0.435 e. The average Bonchev–Trinajstić information content (AvgIpc) is 2.47. The molecule has 0 bridgehead atoms. The molecule has 0 aromatic carbocycles. The van der Waals surface area contributed by atoms with Gasteiger partial charge in [-0.25, -0.2) is 9.59 Å². The van der Waals surface area contributed by atoms with E-state index in [-0.39, 0.29) is 17.3 Å². The van der Waals surface area contributed by atoms with Gasteiger partial charge in [0.25, 0.3) is 0 Å². The molecule has 0 radical (unpaired) electrons. The summed E-state index contributed by atoms with van der Waals surface area (Å²) in [6, 6.07) is 0. The normalized spacial score (nSPS) is 10.9. The molecule has 0 amide bonds. The Labute approximate surface area is 137 Å². The highest BCUT2D eigenvalue weighted by Gasteiger charge is 2.25. The van der Waals surface area contributed by atoms with Crippen molar-refractivity contribution in [2.75, 3.05) is 19.7 Å². The smallest absolute Gasteiger partial charge is 0.336 e. The summed E-state index contributed by atoms with van der Waals surface area (Å²) in [6.45, 7) is 10.8. The zero-order chi connectivity index (χ0) is 17.9. The zero-order valence-corrected chi connectivity index (χ0v) is 14.9. The number of hydrogen-bond acceptors (Lipinski definition) is 7. The Balaban J connectivity index is 4.47. The van der Waals surface area contributed by atoms with Crippen LogP contribution in [0.2, 0.25) is 0 Å². The third-order valence-corrected chi connectivity index (χ3v) is 4.47. The standard InChI is InChI=1S/C15H25O7P/c1-6-7-8-9-23(18,21-10-19-14(16)12(2)3)22-11-20-15(17)13(4)5/h2,4,6-11H2,1,3,5H3. The lowest BCUT2D eigenvalue weighted by Crippen LogP contribution is -2.12. The van der Waals surface area contributed by atoms with Crippen LogP contribution in [0.3, 0.4) is 0 Å². The van der Waals surface area contributed by atoms with Crippen LogP contribution in [0, 0.1) is 0 Å². The molecule has 0 N–H and O–H groups in total. The van der Waals surface area contributed by atoms with Crippen LogP contribution < -0.4 is 0 Å². The summed E-state index contributed by atoms with van der Waals surface area (Å²) in [7, 11) is -3.54. The van der Waals surface area contributed by atoms with Crippen LogP contribution in [0.1, 0.15) is 40.0 Å². The van der Waals surface area contributed by atoms with Gasteiger partial charge in [0.2, 0.25) is 13.6 Å². The van der Waals surface area contributed by atoms with Gasteiger partial charge in [-0.05, 0) is 20.3 Å². The molecule has 0 aromatic heterocycles. The van der Waals surface area contributed by atoms with Crippen LogP contribution >= 0.6 is 7.60 Å². The average molecular weight is 348 g/mol. The lowest BCUT2D eigenvalue weighted by atomic mass is 10.3. The summed E-state index contributed by atoms with van der Waals surface area (Å²) < 4.78 is 32.1. The second-order valence-electron chi connectivity index (χ2n) is 4.96. The highest BCUT2D eigenvalue weighted by molar-refractivity contribution is 7.53. The fourth-order valence-electron chi connectivity index (χ4n) is 1.29. The first kappa shape index (κ1) is 21.6. The molecule has 0 spiro atoms. The molecule has 0 unspecified atom stereocenters. The third kappa shape index (κ3) is 10.0. The number of carbonyl (C=O) groups excluding carboxylic acids is 2. The minimum atomic E-state index is -3.54. The van der Waals surface area contributed by atoms with E-state index in [4.69, 9.17) is 18.5 Å². The fraction of sp³-hybridized carbons (Fsp3) is 0.600. The summed E-state index contributed by atoms with van der Waals surface area (Å²) >= 11 is 0. The van der Waals surface area contributed by atoms with Crippen molar-refractivity contribution in [1.29, 1.82) is 0 Å². The maximum atomic E-state index is 12.5. The van der Waals surface area contributed by atoms with Gasteiger partial charge in [-0.15, -0.1) is 0 Å². The summed E-state index contributed by atoms with van der Waals surface area (Å²) in [4.78, 5) is 22.5. The van der Waals surface area contributed by atoms with E-state index in [0.29, 0.717) is 6.42 Å². The van der Waals surface area contributed by atoms with Crippen molar-refractivity contribution >= 4 is 19.5 Å². The van der Waals surface area contributed by atoms with Gasteiger partial charge in [0.1, 0.15) is 0 Å². The maximum absolute atomic E-state index is 12.5. The first-order valence-corrected chi connectivity index (χ1v) is 8.98. The molecule has 7 nitrogen and oxygen atoms in total. The molecule has 0 aliphatic carbocycles. The topological polar surface area (TPSA) is 88.1 Å². The molecular formula is C15H25O7P. The van der Waals surface area contributed by atoms with Crippen molar-refractivity contribution in [3.05, 3.63) is 24.3 Å². The van der Waals surface area contributed by atoms with Gasteiger partial charge >= 0.3 is 19.5 Å². The predicted molar refractivity (Wildman–Crippen MR) is 85.7 cm³/mol. The first-order valence-electron chi connectivity index (χ1n) is 7.25. The monoisotopic (exact) mass is 348 g/mol. The number of carbonyl (C=O) groups is 2. The third-order valence-electron chi connectivity index (χ3n) is 2.61. The molecule has 0 aliphatic rings. The van der Waals surface area contributed by atoms with Crippen LogP contribution in [0.15, 0.2) is 24.3 Å². The lowest BCUT2D eigenvalue weighted by molar-refractivity contribution is -0.147. The van der Waals surface area contributed by atoms with Crippen LogP contribution in [0.25, 0.3) is 0 Å². The Hall–Kier alpha value is -1.43. The van der Waals surface area contributed by atoms with E-state index >= 15 is 0 Å². The predicted octanol–water partition coefficient (Wildman–Crippen LogP) is 3.56. The highest BCUT2D eigenvalue weighted by Crippen LogP contribution is 2.49. The van der Waals surface area contributed by atoms with Crippen molar-refractivity contribution in [2.45, 2.75) is 40.0 Å². The molecule has 0 aliphatic heterocycles. The van der Waals surface area contributed by atoms with Crippen molar-refractivity contribution in [3.63, 3.8) is 0 Å². The summed E-state index contributed by atoms with van der Waals surface area (Å²) in [5.41, 5.74) is 0.399. The van der Waals surface area contributed by atoms with Gasteiger partial charge in [0.05, 0.1) is 6.16 Å². The number of rotatable bonds is 12. The van der Waals surface area contributed by atoms with Crippen LogP contribution in [-0.4, -0.2) is 31.7 Å². The molecule has 0 heterocycles. The van der Waals surface area contributed by atoms with Crippen molar-refractivity contribution in [1.82, 2.24) is 0 Å². The van der Waals surface area contributed by atoms with Crippen LogP contribution in [-0.2, 0) is 32.7 Å². The van der Waals surface area contributed by atoms with Crippen molar-refractivity contribution in [3.8, 4) is 0 Å². The summed E-state index contributed by atoms with van der Waals surface area (Å²) in [5.74, 6) is -1.31. The van der Waals surface area contributed by atoms with E-state index in [9.17, 15) is 14.2 Å². The fourth-order valence-corrected chi connectivity index (χ4v) is 2.66. The first-order chi connectivity index (χ1) is 10.7. The Morgan fingerprint density at radius 1 is 0.913 bits per heavy atom. The molecule has 0 fully saturated rings. The Morgan fingerprint density at radius 2 is 1.35 bits per heavy atom. The quantitative estimate of drug-likeness (QED) is 0.175. The Morgan fingerprint density at radius 3 is 1.70 bits per heavy atom. The van der Waals surface area contributed by atoms with E-state index < -0.39 is 33.1 Å². The van der Waals surface area contributed by atoms with Gasteiger partial charge < -0.3 is 9.47 Å². The van der Waals surface area contributed by atoms with E-state index in [1.54, 1.807) is 0 Å². The lowest BCUT2D eigenvalue weighted by Gasteiger charge is -2.18. The van der Waals surface area contributed by atoms with E-state index in [0.717, 1.165) is 12.8 Å². The number of ether oxygens (including phenoxy) is 2. The molecular weight excluding hydrogens is 323 g/mol. The van der Waals surface area contributed by atoms with E-state index in [2.05, 4.69) is 13.2 Å². The molecule has 0 aromatic rings. The molecule has 0 saturated carbocycles. The molecule has 0 saturated heterocycles. The Bertz CT molecular complexity index is 448. The molecule has 132 valence electrons. The van der Waals surface area contributed by atoms with Crippen LogP contribution in [0.4, 0.5) is 0 Å². The SMILES string of the molecule is C=C(C)C(=O)OCOP(=O)(CCCCC)OCOC(=O)C(=C)C. The molecule has 8 heteroatoms. The Kier molecular flexibility index (Phi) is 10.5. The van der Waals surface area contributed by atoms with Gasteiger partial charge in [-0.2, -0.15) is 0 Å². The van der Waals surface area contributed by atoms with Gasteiger partial charge in [-0.1, -0.05) is 32.9 Å². The highest BCUT2D eigenvalue weighted by atomic mass is 31.2. The van der Waals surface area contributed by atoms with Crippen LogP contribution in [0.5, 0.6) is 0 Å². The molecule has 0 atom stereocenters. The minimum Gasteiger partial charge on any atom is -0.435 e. The van der Waals surface area contributed by atoms with Gasteiger partial charge in [0.15, 0.2) is 0 Å². The van der Waals surface area contributed by atoms with Crippen molar-refractivity contribution in [2.24, 2.45) is 0 Å². The van der Waals surface area contributed by atoms with E-state index in [1.165, 1.54) is 13.8 Å². The zero-order valence-electron chi connectivity index (χ0n) is 14.0.